The molecule has 16 heavy (non-hydrogen) atoms. The number of anilines is 1. The molecule has 90 valence electrons. The number of rotatable bonds is 7. The molecule has 0 spiro atoms. The van der Waals surface area contributed by atoms with Crippen molar-refractivity contribution < 1.29 is 4.74 Å². The molecule has 0 saturated heterocycles. The Kier molecular flexibility index (Phi) is 6.11. The van der Waals surface area contributed by atoms with Crippen LogP contribution in [0.2, 0.25) is 0 Å². The van der Waals surface area contributed by atoms with E-state index < -0.39 is 0 Å². The number of ether oxygens (including phenoxy) is 1. The van der Waals surface area contributed by atoms with Crippen LogP contribution in [-0.4, -0.2) is 31.1 Å². The average Bonchev–Trinajstić information content (AvgIpc) is 2.35. The third kappa shape index (κ3) is 4.33. The lowest BCUT2D eigenvalue weighted by atomic mass is 10.3. The van der Waals surface area contributed by atoms with Gasteiger partial charge in [0.1, 0.15) is 12.4 Å². The smallest absolute Gasteiger partial charge is 0.119 e. The Balaban J connectivity index is 2.31. The lowest BCUT2D eigenvalue weighted by Gasteiger charge is -2.18. The largest absolute Gasteiger partial charge is 0.492 e. The summed E-state index contributed by atoms with van der Waals surface area (Å²) in [6.45, 7) is 8.17. The number of nitrogens with zero attached hydrogens (tertiary/aromatic N) is 1. The van der Waals surface area contributed by atoms with Crippen molar-refractivity contribution in [3.05, 3.63) is 24.3 Å². The average molecular weight is 240 g/mol. The normalized spacial score (nSPS) is 10.5. The Labute approximate surface area is 103 Å². The molecule has 0 amide bonds. The zero-order valence-corrected chi connectivity index (χ0v) is 10.8. The first-order valence-corrected chi connectivity index (χ1v) is 6.10. The van der Waals surface area contributed by atoms with Gasteiger partial charge in [-0.1, -0.05) is 26.7 Å². The molecule has 0 heterocycles. The molecule has 0 aromatic heterocycles. The van der Waals surface area contributed by atoms with E-state index >= 15 is 0 Å². The topological polar surface area (TPSA) is 24.5 Å². The predicted octanol–water partition coefficient (Wildman–Crippen LogP) is 2.66. The zero-order valence-electron chi connectivity index (χ0n) is 9.94. The minimum Gasteiger partial charge on any atom is -0.492 e. The van der Waals surface area contributed by atoms with Crippen LogP contribution in [0.4, 0.5) is 5.69 Å². The Hall–Kier alpha value is -0.870. The number of benzene rings is 1. The first kappa shape index (κ1) is 13.2. The number of hydrogen-bond donors (Lipinski definition) is 2. The van der Waals surface area contributed by atoms with Gasteiger partial charge in [0.25, 0.3) is 0 Å². The van der Waals surface area contributed by atoms with Crippen LogP contribution in [0.1, 0.15) is 13.8 Å². The predicted molar refractivity (Wildman–Crippen MR) is 72.3 cm³/mol. The molecule has 0 aliphatic carbocycles. The summed E-state index contributed by atoms with van der Waals surface area (Å²) in [7, 11) is 0. The fourth-order valence-corrected chi connectivity index (χ4v) is 1.61. The van der Waals surface area contributed by atoms with Crippen LogP contribution in [0.25, 0.3) is 0 Å². The van der Waals surface area contributed by atoms with Gasteiger partial charge in [-0.15, -0.1) is 0 Å². The molecular formula is C12H20N2OS. The number of thiol groups is 1. The van der Waals surface area contributed by atoms with Crippen molar-refractivity contribution in [2.75, 3.05) is 31.0 Å². The molecule has 0 saturated carbocycles. The maximum atomic E-state index is 5.65. The molecule has 0 aliphatic rings. The third-order valence-corrected chi connectivity index (χ3v) is 2.81. The number of likely N-dealkylation sites (N-methyl/N-ethyl adjacent to an activating group) is 1. The van der Waals surface area contributed by atoms with Crippen molar-refractivity contribution in [3.8, 4) is 5.75 Å². The van der Waals surface area contributed by atoms with Crippen molar-refractivity contribution in [2.24, 2.45) is 0 Å². The van der Waals surface area contributed by atoms with E-state index in [1.54, 1.807) is 0 Å². The lowest BCUT2D eigenvalue weighted by Crippen LogP contribution is -2.27. The van der Waals surface area contributed by atoms with Gasteiger partial charge in [-0.2, -0.15) is 0 Å². The van der Waals surface area contributed by atoms with E-state index in [-0.39, 0.29) is 0 Å². The fraction of sp³-hybridized carbons (Fsp3) is 0.500. The van der Waals surface area contributed by atoms with Gasteiger partial charge in [-0.3, -0.25) is 0 Å². The van der Waals surface area contributed by atoms with Gasteiger partial charge in [-0.25, -0.2) is 0 Å². The van der Waals surface area contributed by atoms with Crippen molar-refractivity contribution in [2.45, 2.75) is 13.8 Å². The van der Waals surface area contributed by atoms with Gasteiger partial charge in [0.05, 0.1) is 0 Å². The van der Waals surface area contributed by atoms with Gasteiger partial charge in [-0.05, 0) is 37.4 Å². The molecule has 0 unspecified atom stereocenters. The van der Waals surface area contributed by atoms with Gasteiger partial charge in [0.15, 0.2) is 0 Å². The molecule has 0 bridgehead atoms. The fourth-order valence-electron chi connectivity index (χ4n) is 1.46. The Morgan fingerprint density at radius 2 is 1.81 bits per heavy atom. The molecule has 4 heteroatoms. The number of hydrogen-bond acceptors (Lipinski definition) is 4. The van der Waals surface area contributed by atoms with Crippen molar-refractivity contribution >= 4 is 18.5 Å². The number of nitrogens with one attached hydrogen (secondary N) is 1. The highest BCUT2D eigenvalue weighted by molar-refractivity contribution is 7.81. The van der Waals surface area contributed by atoms with E-state index in [0.717, 1.165) is 37.7 Å². The van der Waals surface area contributed by atoms with Crippen LogP contribution in [-0.2, 0) is 0 Å². The first-order valence-electron chi connectivity index (χ1n) is 5.65. The second kappa shape index (κ2) is 7.41. The summed E-state index contributed by atoms with van der Waals surface area (Å²) in [6, 6.07) is 7.78. The Morgan fingerprint density at radius 1 is 1.19 bits per heavy atom. The van der Waals surface area contributed by atoms with Gasteiger partial charge >= 0.3 is 0 Å². The lowest BCUT2D eigenvalue weighted by molar-refractivity contribution is 0.223. The third-order valence-electron chi connectivity index (χ3n) is 2.55. The van der Waals surface area contributed by atoms with Crippen LogP contribution >= 0.6 is 12.8 Å². The van der Waals surface area contributed by atoms with Crippen LogP contribution in [0.15, 0.2) is 24.3 Å². The van der Waals surface area contributed by atoms with Crippen molar-refractivity contribution in [3.63, 3.8) is 0 Å². The summed E-state index contributed by atoms with van der Waals surface area (Å²) in [4.78, 5) is 2.34. The molecule has 0 radical (unpaired) electrons. The maximum absolute atomic E-state index is 5.65. The van der Waals surface area contributed by atoms with Crippen molar-refractivity contribution in [1.29, 1.82) is 0 Å². The first-order chi connectivity index (χ1) is 7.80. The molecule has 1 N–H and O–H groups in total. The van der Waals surface area contributed by atoms with Crippen LogP contribution in [0, 0.1) is 0 Å². The highest BCUT2D eigenvalue weighted by Gasteiger charge is 1.99. The van der Waals surface area contributed by atoms with E-state index in [0.29, 0.717) is 0 Å². The van der Waals surface area contributed by atoms with Gasteiger partial charge in [0.2, 0.25) is 0 Å². The van der Waals surface area contributed by atoms with Crippen LogP contribution in [0.3, 0.4) is 0 Å². The molecule has 0 fully saturated rings. The monoisotopic (exact) mass is 240 g/mol. The van der Waals surface area contributed by atoms with Gasteiger partial charge < -0.3 is 14.4 Å². The quantitative estimate of drug-likeness (QED) is 0.717. The summed E-state index contributed by atoms with van der Waals surface area (Å²) >= 11 is 3.97. The summed E-state index contributed by atoms with van der Waals surface area (Å²) in [5.74, 6) is 0.902. The van der Waals surface area contributed by atoms with E-state index in [4.69, 9.17) is 4.74 Å². The zero-order chi connectivity index (χ0) is 11.8. The standard InChI is InChI=1S/C12H20N2OS/c1-3-14(4-2)9-10-15-12-7-5-11(13-16)6-8-12/h5-8,13,16H,3-4,9-10H2,1-2H3. The van der Waals surface area contributed by atoms with E-state index in [2.05, 4.69) is 36.3 Å². The highest BCUT2D eigenvalue weighted by atomic mass is 32.1. The molecule has 1 aromatic carbocycles. The van der Waals surface area contributed by atoms with Gasteiger partial charge in [0, 0.05) is 12.2 Å². The second-order valence-electron chi connectivity index (χ2n) is 3.51. The Bertz CT molecular complexity index is 286. The van der Waals surface area contributed by atoms with E-state index in [1.165, 1.54) is 0 Å². The molecule has 0 atom stereocenters. The summed E-state index contributed by atoms with van der Waals surface area (Å²) in [5.41, 5.74) is 0.972. The highest BCUT2D eigenvalue weighted by Crippen LogP contribution is 2.15. The van der Waals surface area contributed by atoms with E-state index in [9.17, 15) is 0 Å². The SMILES string of the molecule is CCN(CC)CCOc1ccc(NS)cc1. The minimum atomic E-state index is 0.731. The van der Waals surface area contributed by atoms with E-state index in [1.807, 2.05) is 24.3 Å². The molecular weight excluding hydrogens is 220 g/mol. The molecule has 0 aliphatic heterocycles. The summed E-state index contributed by atoms with van der Waals surface area (Å²) in [5, 5.41) is 0. The Morgan fingerprint density at radius 3 is 2.31 bits per heavy atom. The maximum Gasteiger partial charge on any atom is 0.119 e. The molecule has 1 rings (SSSR count). The molecule has 3 nitrogen and oxygen atoms in total. The van der Waals surface area contributed by atoms with Crippen LogP contribution in [0.5, 0.6) is 5.75 Å². The van der Waals surface area contributed by atoms with Crippen molar-refractivity contribution in [1.82, 2.24) is 4.90 Å². The van der Waals surface area contributed by atoms with Crippen LogP contribution < -0.4 is 9.46 Å². The second-order valence-corrected chi connectivity index (χ2v) is 3.74. The summed E-state index contributed by atoms with van der Waals surface area (Å²) in [6.07, 6.45) is 0. The molecule has 1 aromatic rings. The summed E-state index contributed by atoms with van der Waals surface area (Å²) < 4.78 is 8.42. The minimum absolute atomic E-state index is 0.731.